The summed E-state index contributed by atoms with van der Waals surface area (Å²) in [6, 6.07) is 56.5. The Labute approximate surface area is 271 Å². The monoisotopic (exact) mass is 601 g/mol. The lowest BCUT2D eigenvalue weighted by Gasteiger charge is -2.10. The van der Waals surface area contributed by atoms with Crippen molar-refractivity contribution < 1.29 is 4.42 Å². The minimum Gasteiger partial charge on any atom is -0.456 e. The summed E-state index contributed by atoms with van der Waals surface area (Å²) < 4.78 is 6.15. The number of furan rings is 1. The van der Waals surface area contributed by atoms with Crippen LogP contribution in [0.15, 0.2) is 168 Å². The van der Waals surface area contributed by atoms with Gasteiger partial charge in [-0.05, 0) is 63.4 Å². The first-order chi connectivity index (χ1) is 23.3. The number of nitrogens with zero attached hydrogens (tertiary/aromatic N) is 3. The van der Waals surface area contributed by atoms with Crippen molar-refractivity contribution in [3.05, 3.63) is 164 Å². The Morgan fingerprint density at radius 2 is 0.851 bits per heavy atom. The maximum absolute atomic E-state index is 6.15. The van der Waals surface area contributed by atoms with Crippen LogP contribution >= 0.6 is 0 Å². The van der Waals surface area contributed by atoms with E-state index in [1.165, 1.54) is 21.9 Å². The molecular weight excluding hydrogens is 574 g/mol. The fraction of sp³-hybridized carbons (Fsp3) is 0. The number of rotatable bonds is 5. The predicted octanol–water partition coefficient (Wildman–Crippen LogP) is 11.3. The van der Waals surface area contributed by atoms with Crippen LogP contribution in [0.5, 0.6) is 0 Å². The van der Waals surface area contributed by atoms with Gasteiger partial charge in [0.1, 0.15) is 11.2 Å². The number of benzene rings is 7. The van der Waals surface area contributed by atoms with E-state index >= 15 is 0 Å². The molecule has 0 bridgehead atoms. The first kappa shape index (κ1) is 27.0. The molecule has 220 valence electrons. The largest absolute Gasteiger partial charge is 0.456 e. The molecule has 0 saturated heterocycles. The Morgan fingerprint density at radius 1 is 0.340 bits per heavy atom. The predicted molar refractivity (Wildman–Crippen MR) is 192 cm³/mol. The fourth-order valence-corrected chi connectivity index (χ4v) is 6.38. The molecule has 0 aliphatic heterocycles. The van der Waals surface area contributed by atoms with Crippen LogP contribution in [0.25, 0.3) is 89.1 Å². The van der Waals surface area contributed by atoms with Gasteiger partial charge in [0.05, 0.1) is 0 Å². The SMILES string of the molecule is c1ccc(-c2nc(-c3ccccc3)nc(-c3cccc(-c4ccc5cc(-c6cccc7oc8ccccc8c67)ccc5c4)c3)n2)cc1. The average Bonchev–Trinajstić information content (AvgIpc) is 3.54. The van der Waals surface area contributed by atoms with Gasteiger partial charge in [0.25, 0.3) is 0 Å². The second kappa shape index (κ2) is 11.2. The van der Waals surface area contributed by atoms with Gasteiger partial charge in [-0.2, -0.15) is 0 Å². The van der Waals surface area contributed by atoms with Crippen molar-refractivity contribution >= 4 is 32.7 Å². The zero-order chi connectivity index (χ0) is 31.2. The number of hydrogen-bond donors (Lipinski definition) is 0. The Hall–Kier alpha value is -6.39. The Bertz CT molecular complexity index is 2510. The van der Waals surface area contributed by atoms with Crippen LogP contribution < -0.4 is 0 Å². The van der Waals surface area contributed by atoms with Crippen LogP contribution in [0.2, 0.25) is 0 Å². The van der Waals surface area contributed by atoms with E-state index < -0.39 is 0 Å². The highest BCUT2D eigenvalue weighted by Gasteiger charge is 2.14. The zero-order valence-electron chi connectivity index (χ0n) is 25.3. The number of para-hydroxylation sites is 1. The third-order valence-electron chi connectivity index (χ3n) is 8.71. The van der Waals surface area contributed by atoms with E-state index in [2.05, 4.69) is 84.9 Å². The molecule has 0 atom stereocenters. The molecule has 9 aromatic rings. The molecule has 0 fully saturated rings. The summed E-state index contributed by atoms with van der Waals surface area (Å²) in [5, 5.41) is 4.65. The maximum atomic E-state index is 6.15. The first-order valence-corrected chi connectivity index (χ1v) is 15.7. The van der Waals surface area contributed by atoms with Crippen LogP contribution in [0.4, 0.5) is 0 Å². The van der Waals surface area contributed by atoms with E-state index in [4.69, 9.17) is 19.4 Å². The van der Waals surface area contributed by atoms with Crippen LogP contribution in [-0.4, -0.2) is 15.0 Å². The molecule has 4 heteroatoms. The number of fused-ring (bicyclic) bond motifs is 4. The second-order valence-corrected chi connectivity index (χ2v) is 11.7. The van der Waals surface area contributed by atoms with E-state index in [-0.39, 0.29) is 0 Å². The molecule has 0 saturated carbocycles. The number of hydrogen-bond acceptors (Lipinski definition) is 4. The van der Waals surface area contributed by atoms with E-state index in [1.54, 1.807) is 0 Å². The van der Waals surface area contributed by atoms with E-state index in [9.17, 15) is 0 Å². The molecule has 0 unspecified atom stereocenters. The summed E-state index contributed by atoms with van der Waals surface area (Å²) in [5.41, 5.74) is 9.25. The van der Waals surface area contributed by atoms with Crippen LogP contribution in [0, 0.1) is 0 Å². The van der Waals surface area contributed by atoms with Crippen LogP contribution in [0.1, 0.15) is 0 Å². The minimum atomic E-state index is 0.644. The van der Waals surface area contributed by atoms with Crippen LogP contribution in [0.3, 0.4) is 0 Å². The molecule has 0 N–H and O–H groups in total. The fourth-order valence-electron chi connectivity index (χ4n) is 6.38. The van der Waals surface area contributed by atoms with Crippen molar-refractivity contribution in [1.82, 2.24) is 15.0 Å². The lowest BCUT2D eigenvalue weighted by Crippen LogP contribution is -2.00. The van der Waals surface area contributed by atoms with Gasteiger partial charge in [0, 0.05) is 27.5 Å². The maximum Gasteiger partial charge on any atom is 0.164 e. The van der Waals surface area contributed by atoms with Crippen molar-refractivity contribution in [2.75, 3.05) is 0 Å². The summed E-state index contributed by atoms with van der Waals surface area (Å²) >= 11 is 0. The normalized spacial score (nSPS) is 11.4. The quantitative estimate of drug-likeness (QED) is 0.197. The van der Waals surface area contributed by atoms with Crippen molar-refractivity contribution in [3.63, 3.8) is 0 Å². The summed E-state index contributed by atoms with van der Waals surface area (Å²) in [5.74, 6) is 1.95. The molecule has 0 radical (unpaired) electrons. The summed E-state index contributed by atoms with van der Waals surface area (Å²) in [4.78, 5) is 14.7. The van der Waals surface area contributed by atoms with Crippen molar-refractivity contribution in [3.8, 4) is 56.4 Å². The third-order valence-corrected chi connectivity index (χ3v) is 8.71. The summed E-state index contributed by atoms with van der Waals surface area (Å²) in [6.45, 7) is 0. The van der Waals surface area contributed by atoms with Gasteiger partial charge in [-0.3, -0.25) is 0 Å². The van der Waals surface area contributed by atoms with Gasteiger partial charge in [-0.1, -0.05) is 133 Å². The second-order valence-electron chi connectivity index (χ2n) is 11.7. The topological polar surface area (TPSA) is 51.8 Å². The van der Waals surface area contributed by atoms with Crippen LogP contribution in [-0.2, 0) is 0 Å². The van der Waals surface area contributed by atoms with Gasteiger partial charge >= 0.3 is 0 Å². The molecule has 47 heavy (non-hydrogen) atoms. The lowest BCUT2D eigenvalue weighted by atomic mass is 9.95. The highest BCUT2D eigenvalue weighted by molar-refractivity contribution is 6.12. The molecule has 0 spiro atoms. The average molecular weight is 602 g/mol. The molecule has 0 amide bonds. The molecule has 7 aromatic carbocycles. The molecular formula is C43H27N3O. The third kappa shape index (κ3) is 4.93. The molecule has 2 aromatic heterocycles. The van der Waals surface area contributed by atoms with E-state index in [1.807, 2.05) is 78.9 Å². The first-order valence-electron chi connectivity index (χ1n) is 15.7. The number of aromatic nitrogens is 3. The molecule has 2 heterocycles. The minimum absolute atomic E-state index is 0.644. The smallest absolute Gasteiger partial charge is 0.164 e. The van der Waals surface area contributed by atoms with Gasteiger partial charge in [0.15, 0.2) is 17.5 Å². The van der Waals surface area contributed by atoms with Gasteiger partial charge in [-0.25, -0.2) is 15.0 Å². The Morgan fingerprint density at radius 3 is 1.57 bits per heavy atom. The highest BCUT2D eigenvalue weighted by Crippen LogP contribution is 2.38. The molecule has 9 rings (SSSR count). The van der Waals surface area contributed by atoms with Gasteiger partial charge in [-0.15, -0.1) is 0 Å². The molecule has 0 aliphatic rings. The van der Waals surface area contributed by atoms with Crippen molar-refractivity contribution in [2.45, 2.75) is 0 Å². The Balaban J connectivity index is 1.10. The van der Waals surface area contributed by atoms with Gasteiger partial charge in [0.2, 0.25) is 0 Å². The molecule has 4 nitrogen and oxygen atoms in total. The standard InChI is InChI=1S/C43H27N3O/c1-3-11-28(12-4-1)41-44-42(29-13-5-2-6-14-29)46-43(45-41)35-16-9-15-30(27-35)31-21-22-33-26-34(24-23-32(33)25-31)36-18-10-20-39-40(36)37-17-7-8-19-38(37)47-39/h1-27H. The summed E-state index contributed by atoms with van der Waals surface area (Å²) in [7, 11) is 0. The highest BCUT2D eigenvalue weighted by atomic mass is 16.3. The summed E-state index contributed by atoms with van der Waals surface area (Å²) in [6.07, 6.45) is 0. The van der Waals surface area contributed by atoms with Gasteiger partial charge < -0.3 is 4.42 Å². The molecule has 0 aliphatic carbocycles. The van der Waals surface area contributed by atoms with Crippen molar-refractivity contribution in [1.29, 1.82) is 0 Å². The Kier molecular flexibility index (Phi) is 6.43. The van der Waals surface area contributed by atoms with Crippen molar-refractivity contribution in [2.24, 2.45) is 0 Å². The van der Waals surface area contributed by atoms with E-state index in [0.717, 1.165) is 49.8 Å². The van der Waals surface area contributed by atoms with E-state index in [0.29, 0.717) is 17.5 Å². The zero-order valence-corrected chi connectivity index (χ0v) is 25.3. The lowest BCUT2D eigenvalue weighted by molar-refractivity contribution is 0.669.